The maximum Gasteiger partial charge on any atom is 0.137 e. The third kappa shape index (κ3) is 2.71. The molecule has 4 aromatic carbocycles. The van der Waals surface area contributed by atoms with Crippen molar-refractivity contribution in [3.05, 3.63) is 121 Å². The number of aromatic nitrogens is 2. The number of pyridine rings is 1. The summed E-state index contributed by atoms with van der Waals surface area (Å²) in [5.41, 5.74) is 10.9. The molecule has 0 radical (unpaired) electrons. The van der Waals surface area contributed by atoms with E-state index in [2.05, 4.69) is 120 Å². The molecular weight excluding hydrogens is 400 g/mol. The smallest absolute Gasteiger partial charge is 0.137 e. The fourth-order valence-electron chi connectivity index (χ4n) is 5.14. The third-order valence-electron chi connectivity index (χ3n) is 6.60. The summed E-state index contributed by atoms with van der Waals surface area (Å²) in [6.45, 7) is 0. The fraction of sp³-hybridized carbons (Fsp3) is 0. The van der Waals surface area contributed by atoms with Gasteiger partial charge < -0.3 is 4.57 Å². The summed E-state index contributed by atoms with van der Waals surface area (Å²) in [6, 6.07) is 40.7. The summed E-state index contributed by atoms with van der Waals surface area (Å²) in [5.74, 6) is 0.927. The van der Waals surface area contributed by atoms with Crippen molar-refractivity contribution in [1.29, 1.82) is 0 Å². The van der Waals surface area contributed by atoms with Crippen LogP contribution in [0.15, 0.2) is 121 Å². The van der Waals surface area contributed by atoms with Crippen LogP contribution in [0.25, 0.3) is 61.4 Å². The van der Waals surface area contributed by atoms with Gasteiger partial charge in [-0.25, -0.2) is 4.98 Å². The number of fused-ring (bicyclic) bond motifs is 5. The van der Waals surface area contributed by atoms with E-state index >= 15 is 0 Å². The summed E-state index contributed by atoms with van der Waals surface area (Å²) in [6.07, 6.45) is 2.26. The van der Waals surface area contributed by atoms with Crippen molar-refractivity contribution in [2.75, 3.05) is 0 Å². The SMILES string of the molecule is c1ccc(-c2cccc(-n3cc4c5c(cccc53)-c3ccccc3-c3ccccc3-4)n2)cc1. The quantitative estimate of drug-likeness (QED) is 0.277. The Morgan fingerprint density at radius 1 is 0.455 bits per heavy atom. The zero-order chi connectivity index (χ0) is 21.8. The molecule has 0 amide bonds. The maximum atomic E-state index is 5.05. The molecule has 2 heterocycles. The van der Waals surface area contributed by atoms with E-state index in [0.29, 0.717) is 0 Å². The second-order valence-corrected chi connectivity index (χ2v) is 8.45. The zero-order valence-electron chi connectivity index (χ0n) is 17.9. The first-order valence-corrected chi connectivity index (χ1v) is 11.2. The Hall–Kier alpha value is -4.43. The first-order valence-electron chi connectivity index (χ1n) is 11.2. The van der Waals surface area contributed by atoms with Crippen molar-refractivity contribution < 1.29 is 0 Å². The standard InChI is InChI=1S/C31H20N2/c1-2-10-21(11-3-1)28-17-9-19-30(32-28)33-20-27-25-15-7-5-13-23(25)22-12-4-6-14-24(22)26-16-8-18-29(33)31(26)27/h1-20H. The van der Waals surface area contributed by atoms with Crippen LogP contribution in [0.1, 0.15) is 0 Å². The largest absolute Gasteiger partial charge is 0.301 e. The molecule has 0 unspecified atom stereocenters. The average Bonchev–Trinajstić information content (AvgIpc) is 3.24. The van der Waals surface area contributed by atoms with Crippen LogP contribution in [0.3, 0.4) is 0 Å². The Morgan fingerprint density at radius 2 is 1.03 bits per heavy atom. The van der Waals surface area contributed by atoms with Gasteiger partial charge in [0.05, 0.1) is 11.2 Å². The van der Waals surface area contributed by atoms with Gasteiger partial charge in [0.15, 0.2) is 0 Å². The van der Waals surface area contributed by atoms with Gasteiger partial charge in [0.2, 0.25) is 0 Å². The van der Waals surface area contributed by atoms with Gasteiger partial charge in [-0.15, -0.1) is 0 Å². The van der Waals surface area contributed by atoms with Gasteiger partial charge in [-0.05, 0) is 46.0 Å². The van der Waals surface area contributed by atoms with Crippen molar-refractivity contribution in [3.8, 4) is 50.5 Å². The molecule has 0 bridgehead atoms. The van der Waals surface area contributed by atoms with Crippen molar-refractivity contribution in [1.82, 2.24) is 9.55 Å². The first kappa shape index (κ1) is 18.2. The third-order valence-corrected chi connectivity index (χ3v) is 6.60. The topological polar surface area (TPSA) is 17.8 Å². The lowest BCUT2D eigenvalue weighted by Gasteiger charge is -2.12. The molecule has 2 aromatic heterocycles. The predicted molar refractivity (Wildman–Crippen MR) is 136 cm³/mol. The lowest BCUT2D eigenvalue weighted by Crippen LogP contribution is -1.97. The molecule has 2 nitrogen and oxygen atoms in total. The summed E-state index contributed by atoms with van der Waals surface area (Å²) < 4.78 is 2.24. The summed E-state index contributed by atoms with van der Waals surface area (Å²) in [7, 11) is 0. The van der Waals surface area contributed by atoms with E-state index in [1.54, 1.807) is 0 Å². The Morgan fingerprint density at radius 3 is 1.76 bits per heavy atom. The van der Waals surface area contributed by atoms with Gasteiger partial charge in [0.25, 0.3) is 0 Å². The Kier molecular flexibility index (Phi) is 3.88. The molecular formula is C31H20N2. The van der Waals surface area contributed by atoms with Gasteiger partial charge in [-0.2, -0.15) is 0 Å². The molecule has 1 aliphatic rings. The maximum absolute atomic E-state index is 5.05. The Labute approximate surface area is 192 Å². The average molecular weight is 421 g/mol. The molecule has 33 heavy (non-hydrogen) atoms. The molecule has 0 saturated heterocycles. The van der Waals surface area contributed by atoms with Crippen LogP contribution in [-0.4, -0.2) is 9.55 Å². The highest BCUT2D eigenvalue weighted by Gasteiger charge is 2.23. The monoisotopic (exact) mass is 420 g/mol. The van der Waals surface area contributed by atoms with E-state index in [1.807, 2.05) is 6.07 Å². The van der Waals surface area contributed by atoms with Gasteiger partial charge in [-0.3, -0.25) is 0 Å². The van der Waals surface area contributed by atoms with Crippen LogP contribution in [0, 0.1) is 0 Å². The number of nitrogens with zero attached hydrogens (tertiary/aromatic N) is 2. The van der Waals surface area contributed by atoms with Gasteiger partial charge in [-0.1, -0.05) is 97.1 Å². The highest BCUT2D eigenvalue weighted by molar-refractivity contribution is 6.13. The number of rotatable bonds is 2. The molecule has 7 rings (SSSR count). The number of hydrogen-bond donors (Lipinski definition) is 0. The molecule has 154 valence electrons. The van der Waals surface area contributed by atoms with Crippen molar-refractivity contribution in [2.24, 2.45) is 0 Å². The highest BCUT2D eigenvalue weighted by Crippen LogP contribution is 2.48. The minimum atomic E-state index is 0.927. The van der Waals surface area contributed by atoms with E-state index in [9.17, 15) is 0 Å². The van der Waals surface area contributed by atoms with E-state index < -0.39 is 0 Å². The molecule has 1 aliphatic carbocycles. The van der Waals surface area contributed by atoms with Crippen LogP contribution >= 0.6 is 0 Å². The Balaban J connectivity index is 1.54. The second-order valence-electron chi connectivity index (χ2n) is 8.45. The minimum absolute atomic E-state index is 0.927. The van der Waals surface area contributed by atoms with E-state index in [4.69, 9.17) is 4.98 Å². The molecule has 2 heteroatoms. The molecule has 0 saturated carbocycles. The van der Waals surface area contributed by atoms with Crippen molar-refractivity contribution in [2.45, 2.75) is 0 Å². The highest BCUT2D eigenvalue weighted by atomic mass is 15.1. The van der Waals surface area contributed by atoms with Crippen LogP contribution in [0.4, 0.5) is 0 Å². The lowest BCUT2D eigenvalue weighted by molar-refractivity contribution is 1.05. The normalized spacial score (nSPS) is 11.6. The molecule has 0 fully saturated rings. The first-order chi connectivity index (χ1) is 16.4. The van der Waals surface area contributed by atoms with Gasteiger partial charge in [0.1, 0.15) is 5.82 Å². The van der Waals surface area contributed by atoms with Crippen LogP contribution < -0.4 is 0 Å². The van der Waals surface area contributed by atoms with Crippen LogP contribution in [0.2, 0.25) is 0 Å². The van der Waals surface area contributed by atoms with E-state index in [1.165, 1.54) is 44.3 Å². The minimum Gasteiger partial charge on any atom is -0.301 e. The number of benzene rings is 4. The molecule has 0 atom stereocenters. The zero-order valence-corrected chi connectivity index (χ0v) is 17.9. The predicted octanol–water partition coefficient (Wildman–Crippen LogP) is 8.01. The van der Waals surface area contributed by atoms with Gasteiger partial charge in [0, 0.05) is 22.7 Å². The molecule has 0 aliphatic heterocycles. The van der Waals surface area contributed by atoms with Gasteiger partial charge >= 0.3 is 0 Å². The molecule has 0 spiro atoms. The van der Waals surface area contributed by atoms with E-state index in [-0.39, 0.29) is 0 Å². The fourth-order valence-corrected chi connectivity index (χ4v) is 5.14. The molecule has 0 N–H and O–H groups in total. The van der Waals surface area contributed by atoms with Crippen LogP contribution in [0.5, 0.6) is 0 Å². The Bertz CT molecular complexity index is 1660. The second kappa shape index (κ2) is 7.04. The van der Waals surface area contributed by atoms with Crippen molar-refractivity contribution in [3.63, 3.8) is 0 Å². The summed E-state index contributed by atoms with van der Waals surface area (Å²) >= 11 is 0. The van der Waals surface area contributed by atoms with Crippen LogP contribution in [-0.2, 0) is 0 Å². The summed E-state index contributed by atoms with van der Waals surface area (Å²) in [4.78, 5) is 5.05. The van der Waals surface area contributed by atoms with Crippen molar-refractivity contribution >= 4 is 10.9 Å². The lowest BCUT2D eigenvalue weighted by atomic mass is 9.94. The molecule has 6 aromatic rings. The summed E-state index contributed by atoms with van der Waals surface area (Å²) in [5, 5.41) is 1.28. The van der Waals surface area contributed by atoms with E-state index in [0.717, 1.165) is 17.1 Å². The number of hydrogen-bond acceptors (Lipinski definition) is 1.